The first-order chi connectivity index (χ1) is 4.27. The number of hydrogen-bond donors (Lipinski definition) is 0. The van der Waals surface area contributed by atoms with E-state index in [0.29, 0.717) is 17.5 Å². The van der Waals surface area contributed by atoms with Crippen molar-refractivity contribution in [3.63, 3.8) is 0 Å². The highest BCUT2D eigenvalue weighted by atomic mass is 35.5. The maximum atomic E-state index is 5.43. The van der Waals surface area contributed by atoms with Crippen LogP contribution in [0.1, 0.15) is 19.8 Å². The molecule has 0 fully saturated rings. The van der Waals surface area contributed by atoms with Crippen LogP contribution in [-0.4, -0.2) is 17.5 Å². The molecular weight excluding hydrogens is 156 g/mol. The number of halogens is 1. The van der Waals surface area contributed by atoms with Gasteiger partial charge in [0.2, 0.25) is 0 Å². The summed E-state index contributed by atoms with van der Waals surface area (Å²) < 4.78 is 5.02. The van der Waals surface area contributed by atoms with Crippen molar-refractivity contribution in [2.24, 2.45) is 0 Å². The first kappa shape index (κ1) is 9.18. The minimum absolute atomic E-state index is 0.615. The van der Waals surface area contributed by atoms with Crippen LogP contribution in [0.15, 0.2) is 0 Å². The molecule has 0 N–H and O–H groups in total. The molecule has 0 aromatic heterocycles. The second kappa shape index (κ2) is 6.30. The van der Waals surface area contributed by atoms with Gasteiger partial charge in [0.1, 0.15) is 0 Å². The van der Waals surface area contributed by atoms with E-state index in [1.807, 2.05) is 0 Å². The van der Waals surface area contributed by atoms with Crippen molar-refractivity contribution < 1.29 is 4.74 Å². The van der Waals surface area contributed by atoms with Crippen molar-refractivity contribution in [1.82, 2.24) is 0 Å². The van der Waals surface area contributed by atoms with Gasteiger partial charge >= 0.3 is 0 Å². The van der Waals surface area contributed by atoms with Crippen molar-refractivity contribution >= 4 is 28.9 Å². The first-order valence-electron chi connectivity index (χ1n) is 2.96. The SMILES string of the molecule is CC(=S)OCCCCCl. The minimum Gasteiger partial charge on any atom is -0.487 e. The van der Waals surface area contributed by atoms with Crippen molar-refractivity contribution in [1.29, 1.82) is 0 Å². The minimum atomic E-state index is 0.615. The summed E-state index contributed by atoms with van der Waals surface area (Å²) in [7, 11) is 0. The maximum Gasteiger partial charge on any atom is 0.156 e. The zero-order chi connectivity index (χ0) is 7.11. The van der Waals surface area contributed by atoms with Crippen LogP contribution < -0.4 is 0 Å². The fourth-order valence-corrected chi connectivity index (χ4v) is 0.685. The summed E-state index contributed by atoms with van der Waals surface area (Å²) >= 11 is 10.1. The molecule has 0 saturated heterocycles. The van der Waals surface area contributed by atoms with E-state index in [0.717, 1.165) is 12.8 Å². The number of rotatable bonds is 4. The second-order valence-electron chi connectivity index (χ2n) is 1.74. The van der Waals surface area contributed by atoms with Crippen LogP contribution in [0.3, 0.4) is 0 Å². The van der Waals surface area contributed by atoms with Crippen molar-refractivity contribution in [3.8, 4) is 0 Å². The summed E-state index contributed by atoms with van der Waals surface area (Å²) in [6.45, 7) is 2.48. The summed E-state index contributed by atoms with van der Waals surface area (Å²) in [5, 5.41) is 0.615. The number of unbranched alkanes of at least 4 members (excludes halogenated alkanes) is 1. The lowest BCUT2D eigenvalue weighted by Gasteiger charge is -2.00. The van der Waals surface area contributed by atoms with Gasteiger partial charge in [0.15, 0.2) is 5.05 Å². The molecule has 0 radical (unpaired) electrons. The summed E-state index contributed by atoms with van der Waals surface area (Å²) in [6, 6.07) is 0. The zero-order valence-electron chi connectivity index (χ0n) is 5.52. The molecule has 0 aromatic carbocycles. The molecular formula is C6H11ClOS. The summed E-state index contributed by atoms with van der Waals surface area (Å²) in [5.41, 5.74) is 0. The highest BCUT2D eigenvalue weighted by molar-refractivity contribution is 7.80. The van der Waals surface area contributed by atoms with Gasteiger partial charge in [-0.05, 0) is 25.1 Å². The van der Waals surface area contributed by atoms with Crippen LogP contribution in [0, 0.1) is 0 Å². The molecule has 0 aromatic rings. The second-order valence-corrected chi connectivity index (χ2v) is 2.69. The van der Waals surface area contributed by atoms with E-state index < -0.39 is 0 Å². The summed E-state index contributed by atoms with van der Waals surface area (Å²) in [5.74, 6) is 0.708. The quantitative estimate of drug-likeness (QED) is 0.360. The molecule has 9 heavy (non-hydrogen) atoms. The van der Waals surface area contributed by atoms with Gasteiger partial charge < -0.3 is 4.74 Å². The molecule has 3 heteroatoms. The average Bonchev–Trinajstić information content (AvgIpc) is 1.80. The normalized spacial score (nSPS) is 9.11. The van der Waals surface area contributed by atoms with E-state index in [9.17, 15) is 0 Å². The molecule has 0 aliphatic carbocycles. The van der Waals surface area contributed by atoms with Gasteiger partial charge in [0, 0.05) is 12.8 Å². The molecule has 0 spiro atoms. The van der Waals surface area contributed by atoms with E-state index in [2.05, 4.69) is 12.2 Å². The molecule has 0 heterocycles. The number of alkyl halides is 1. The number of hydrogen-bond acceptors (Lipinski definition) is 2. The van der Waals surface area contributed by atoms with Gasteiger partial charge in [-0.3, -0.25) is 0 Å². The van der Waals surface area contributed by atoms with E-state index in [4.69, 9.17) is 16.3 Å². The lowest BCUT2D eigenvalue weighted by molar-refractivity contribution is 0.303. The van der Waals surface area contributed by atoms with Crippen molar-refractivity contribution in [2.45, 2.75) is 19.8 Å². The van der Waals surface area contributed by atoms with Crippen molar-refractivity contribution in [3.05, 3.63) is 0 Å². The molecule has 0 rings (SSSR count). The largest absolute Gasteiger partial charge is 0.487 e. The standard InChI is InChI=1S/C6H11ClOS/c1-6(9)8-5-3-2-4-7/h2-5H2,1H3. The Balaban J connectivity index is 2.83. The Morgan fingerprint density at radius 1 is 1.56 bits per heavy atom. The lowest BCUT2D eigenvalue weighted by atomic mass is 10.4. The fourth-order valence-electron chi connectivity index (χ4n) is 0.412. The Kier molecular flexibility index (Phi) is 6.43. The van der Waals surface area contributed by atoms with Gasteiger partial charge in [-0.15, -0.1) is 11.6 Å². The van der Waals surface area contributed by atoms with Crippen LogP contribution in [-0.2, 0) is 4.74 Å². The van der Waals surface area contributed by atoms with E-state index in [1.54, 1.807) is 6.92 Å². The predicted molar refractivity (Wildman–Crippen MR) is 44.2 cm³/mol. The number of thiocarbonyl (C=S) groups is 1. The smallest absolute Gasteiger partial charge is 0.156 e. The molecule has 0 saturated carbocycles. The van der Waals surface area contributed by atoms with Gasteiger partial charge in [0.25, 0.3) is 0 Å². The first-order valence-corrected chi connectivity index (χ1v) is 3.91. The van der Waals surface area contributed by atoms with Gasteiger partial charge in [0.05, 0.1) is 6.61 Å². The fraction of sp³-hybridized carbons (Fsp3) is 0.833. The monoisotopic (exact) mass is 166 g/mol. The predicted octanol–water partition coefficient (Wildman–Crippen LogP) is 2.37. The third-order valence-corrected chi connectivity index (χ3v) is 1.22. The molecule has 0 unspecified atom stereocenters. The van der Waals surface area contributed by atoms with E-state index in [1.165, 1.54) is 0 Å². The molecule has 0 bridgehead atoms. The molecule has 1 nitrogen and oxygen atoms in total. The van der Waals surface area contributed by atoms with E-state index >= 15 is 0 Å². The zero-order valence-corrected chi connectivity index (χ0v) is 7.10. The van der Waals surface area contributed by atoms with Gasteiger partial charge in [-0.25, -0.2) is 0 Å². The maximum absolute atomic E-state index is 5.43. The molecule has 0 aliphatic heterocycles. The molecule has 54 valence electrons. The van der Waals surface area contributed by atoms with Gasteiger partial charge in [-0.1, -0.05) is 0 Å². The van der Waals surface area contributed by atoms with E-state index in [-0.39, 0.29) is 0 Å². The van der Waals surface area contributed by atoms with Crippen LogP contribution in [0.5, 0.6) is 0 Å². The average molecular weight is 167 g/mol. The highest BCUT2D eigenvalue weighted by Gasteiger charge is 1.87. The molecule has 0 aliphatic rings. The third-order valence-electron chi connectivity index (χ3n) is 0.833. The summed E-state index contributed by atoms with van der Waals surface area (Å²) in [6.07, 6.45) is 2.00. The lowest BCUT2D eigenvalue weighted by Crippen LogP contribution is -1.97. The van der Waals surface area contributed by atoms with Gasteiger partial charge in [-0.2, -0.15) is 0 Å². The number of ether oxygens (including phenoxy) is 1. The third kappa shape index (κ3) is 8.18. The Bertz CT molecular complexity index is 85.1. The van der Waals surface area contributed by atoms with Crippen LogP contribution in [0.25, 0.3) is 0 Å². The Morgan fingerprint density at radius 2 is 2.22 bits per heavy atom. The Morgan fingerprint density at radius 3 is 2.67 bits per heavy atom. The molecule has 0 amide bonds. The van der Waals surface area contributed by atoms with Crippen LogP contribution >= 0.6 is 23.8 Å². The van der Waals surface area contributed by atoms with Crippen LogP contribution in [0.2, 0.25) is 0 Å². The summed E-state index contributed by atoms with van der Waals surface area (Å²) in [4.78, 5) is 0. The highest BCUT2D eigenvalue weighted by Crippen LogP contribution is 1.92. The van der Waals surface area contributed by atoms with Crippen molar-refractivity contribution in [2.75, 3.05) is 12.5 Å². The molecule has 0 atom stereocenters. The Labute approximate surface area is 66.3 Å². The van der Waals surface area contributed by atoms with Crippen LogP contribution in [0.4, 0.5) is 0 Å². The topological polar surface area (TPSA) is 9.23 Å². The Hall–Kier alpha value is 0.180.